The highest BCUT2D eigenvalue weighted by Gasteiger charge is 2.32. The quantitative estimate of drug-likeness (QED) is 0.852. The van der Waals surface area contributed by atoms with Gasteiger partial charge in [-0.3, -0.25) is 4.79 Å². The van der Waals surface area contributed by atoms with E-state index in [0.717, 1.165) is 13.1 Å². The van der Waals surface area contributed by atoms with Crippen molar-refractivity contribution in [2.75, 3.05) is 25.0 Å². The summed E-state index contributed by atoms with van der Waals surface area (Å²) in [5.74, 6) is -0.535. The summed E-state index contributed by atoms with van der Waals surface area (Å²) in [7, 11) is 0. The van der Waals surface area contributed by atoms with E-state index in [1.807, 2.05) is 6.92 Å². The number of nitrogens with one attached hydrogen (secondary N) is 2. The van der Waals surface area contributed by atoms with Gasteiger partial charge in [0.05, 0.1) is 5.60 Å². The minimum Gasteiger partial charge on any atom is -0.363 e. The minimum atomic E-state index is -0.310. The van der Waals surface area contributed by atoms with Crippen molar-refractivity contribution in [2.24, 2.45) is 0 Å². The number of aryl methyl sites for hydroxylation is 1. The molecule has 0 atom stereocenters. The molecule has 1 fully saturated rings. The van der Waals surface area contributed by atoms with E-state index in [1.54, 1.807) is 13.0 Å². The Kier molecular flexibility index (Phi) is 3.63. The molecule has 18 heavy (non-hydrogen) atoms. The third-order valence-electron chi connectivity index (χ3n) is 3.01. The Morgan fingerprint density at radius 2 is 2.28 bits per heavy atom. The third kappa shape index (κ3) is 3.05. The van der Waals surface area contributed by atoms with Gasteiger partial charge < -0.3 is 15.4 Å². The van der Waals surface area contributed by atoms with Crippen LogP contribution in [0, 0.1) is 12.7 Å². The topological polar surface area (TPSA) is 50.4 Å². The normalized spacial score (nSPS) is 17.1. The van der Waals surface area contributed by atoms with E-state index in [0.29, 0.717) is 11.3 Å². The van der Waals surface area contributed by atoms with Gasteiger partial charge in [0, 0.05) is 18.8 Å². The summed E-state index contributed by atoms with van der Waals surface area (Å²) in [5, 5.41) is 5.80. The number of halogens is 1. The number of amides is 1. The Morgan fingerprint density at radius 1 is 1.56 bits per heavy atom. The van der Waals surface area contributed by atoms with Gasteiger partial charge in [-0.2, -0.15) is 0 Å². The molecule has 0 radical (unpaired) electrons. The molecule has 1 saturated heterocycles. The van der Waals surface area contributed by atoms with E-state index in [4.69, 9.17) is 4.74 Å². The van der Waals surface area contributed by atoms with E-state index in [1.165, 1.54) is 12.1 Å². The molecule has 1 aromatic carbocycles. The highest BCUT2D eigenvalue weighted by molar-refractivity contribution is 5.92. The van der Waals surface area contributed by atoms with Crippen LogP contribution in [0.4, 0.5) is 10.1 Å². The standard InChI is InChI=1S/C13H17FN2O2/c1-9-5-10(14)3-4-11(9)16-12(17)6-18-13(2)7-15-8-13/h3-5,15H,6-8H2,1-2H3,(H,16,17). The number of anilines is 1. The molecule has 2 N–H and O–H groups in total. The number of hydrogen-bond acceptors (Lipinski definition) is 3. The van der Waals surface area contributed by atoms with Crippen LogP contribution < -0.4 is 10.6 Å². The summed E-state index contributed by atoms with van der Waals surface area (Å²) in [6.07, 6.45) is 0. The van der Waals surface area contributed by atoms with Crippen molar-refractivity contribution in [2.45, 2.75) is 19.4 Å². The van der Waals surface area contributed by atoms with E-state index in [2.05, 4.69) is 10.6 Å². The highest BCUT2D eigenvalue weighted by atomic mass is 19.1. The van der Waals surface area contributed by atoms with Crippen LogP contribution in [0.1, 0.15) is 12.5 Å². The van der Waals surface area contributed by atoms with Gasteiger partial charge in [0.1, 0.15) is 12.4 Å². The summed E-state index contributed by atoms with van der Waals surface area (Å²) >= 11 is 0. The fourth-order valence-corrected chi connectivity index (χ4v) is 1.77. The van der Waals surface area contributed by atoms with Crippen LogP contribution in [0.5, 0.6) is 0 Å². The average Bonchev–Trinajstić information content (AvgIpc) is 2.28. The first-order chi connectivity index (χ1) is 8.48. The van der Waals surface area contributed by atoms with Crippen LogP contribution in [0.15, 0.2) is 18.2 Å². The fraction of sp³-hybridized carbons (Fsp3) is 0.462. The van der Waals surface area contributed by atoms with E-state index < -0.39 is 0 Å². The molecule has 5 heteroatoms. The number of carbonyl (C=O) groups is 1. The van der Waals surface area contributed by atoms with E-state index in [-0.39, 0.29) is 23.9 Å². The summed E-state index contributed by atoms with van der Waals surface area (Å²) in [4.78, 5) is 11.7. The molecule has 0 bridgehead atoms. The summed E-state index contributed by atoms with van der Waals surface area (Å²) in [6.45, 7) is 5.23. The maximum absolute atomic E-state index is 12.9. The first-order valence-corrected chi connectivity index (χ1v) is 5.89. The van der Waals surface area contributed by atoms with Crippen LogP contribution >= 0.6 is 0 Å². The third-order valence-corrected chi connectivity index (χ3v) is 3.01. The maximum Gasteiger partial charge on any atom is 0.250 e. The Morgan fingerprint density at radius 3 is 2.83 bits per heavy atom. The molecule has 0 aromatic heterocycles. The van der Waals surface area contributed by atoms with Gasteiger partial charge in [-0.1, -0.05) is 0 Å². The number of carbonyl (C=O) groups excluding carboxylic acids is 1. The second kappa shape index (κ2) is 5.04. The van der Waals surface area contributed by atoms with Crippen molar-refractivity contribution in [3.8, 4) is 0 Å². The molecular weight excluding hydrogens is 235 g/mol. The lowest BCUT2D eigenvalue weighted by molar-refractivity contribution is -0.130. The molecule has 0 spiro atoms. The average molecular weight is 252 g/mol. The van der Waals surface area contributed by atoms with Crippen LogP contribution in [0.2, 0.25) is 0 Å². The molecule has 1 aliphatic rings. The molecule has 1 aliphatic heterocycles. The second-order valence-electron chi connectivity index (χ2n) is 4.85. The molecule has 4 nitrogen and oxygen atoms in total. The predicted molar refractivity (Wildman–Crippen MR) is 67.0 cm³/mol. The van der Waals surface area contributed by atoms with Crippen LogP contribution in [-0.2, 0) is 9.53 Å². The fourth-order valence-electron chi connectivity index (χ4n) is 1.77. The first-order valence-electron chi connectivity index (χ1n) is 5.89. The van der Waals surface area contributed by atoms with E-state index >= 15 is 0 Å². The Bertz CT molecular complexity index is 458. The second-order valence-corrected chi connectivity index (χ2v) is 4.85. The Labute approximate surface area is 106 Å². The van der Waals surface area contributed by atoms with Crippen molar-refractivity contribution in [1.82, 2.24) is 5.32 Å². The van der Waals surface area contributed by atoms with Gasteiger partial charge in [-0.15, -0.1) is 0 Å². The van der Waals surface area contributed by atoms with Gasteiger partial charge in [0.15, 0.2) is 0 Å². The lowest BCUT2D eigenvalue weighted by Crippen LogP contribution is -2.59. The smallest absolute Gasteiger partial charge is 0.250 e. The van der Waals surface area contributed by atoms with Crippen molar-refractivity contribution in [3.05, 3.63) is 29.6 Å². The molecular formula is C13H17FN2O2. The van der Waals surface area contributed by atoms with Crippen molar-refractivity contribution in [3.63, 3.8) is 0 Å². The SMILES string of the molecule is Cc1cc(F)ccc1NC(=O)COC1(C)CNC1. The number of rotatable bonds is 4. The van der Waals surface area contributed by atoms with Gasteiger partial charge in [0.25, 0.3) is 0 Å². The molecule has 1 aromatic rings. The summed E-state index contributed by atoms with van der Waals surface area (Å²) in [5.41, 5.74) is 1.07. The van der Waals surface area contributed by atoms with Gasteiger partial charge >= 0.3 is 0 Å². The van der Waals surface area contributed by atoms with Crippen LogP contribution in [0.25, 0.3) is 0 Å². The monoisotopic (exact) mass is 252 g/mol. The highest BCUT2D eigenvalue weighted by Crippen LogP contribution is 2.17. The summed E-state index contributed by atoms with van der Waals surface area (Å²) < 4.78 is 18.4. The van der Waals surface area contributed by atoms with Crippen molar-refractivity contribution < 1.29 is 13.9 Å². The molecule has 2 rings (SSSR count). The Hall–Kier alpha value is -1.46. The van der Waals surface area contributed by atoms with Gasteiger partial charge in [-0.05, 0) is 37.6 Å². The lowest BCUT2D eigenvalue weighted by atomic mass is 10.0. The summed E-state index contributed by atoms with van der Waals surface area (Å²) in [6, 6.07) is 4.25. The predicted octanol–water partition coefficient (Wildman–Crippen LogP) is 1.45. The lowest BCUT2D eigenvalue weighted by Gasteiger charge is -2.38. The molecule has 1 amide bonds. The van der Waals surface area contributed by atoms with E-state index in [9.17, 15) is 9.18 Å². The minimum absolute atomic E-state index is 0.00893. The number of benzene rings is 1. The molecule has 0 aliphatic carbocycles. The molecule has 98 valence electrons. The zero-order chi connectivity index (χ0) is 13.2. The van der Waals surface area contributed by atoms with Crippen LogP contribution in [0.3, 0.4) is 0 Å². The van der Waals surface area contributed by atoms with Crippen LogP contribution in [-0.4, -0.2) is 31.2 Å². The number of ether oxygens (including phenoxy) is 1. The first kappa shape index (κ1) is 13.0. The zero-order valence-electron chi connectivity index (χ0n) is 10.5. The van der Waals surface area contributed by atoms with Crippen molar-refractivity contribution in [1.29, 1.82) is 0 Å². The largest absolute Gasteiger partial charge is 0.363 e. The van der Waals surface area contributed by atoms with Gasteiger partial charge in [-0.25, -0.2) is 4.39 Å². The Balaban J connectivity index is 1.87. The molecule has 0 saturated carbocycles. The molecule has 1 heterocycles. The maximum atomic E-state index is 12.9. The van der Waals surface area contributed by atoms with Gasteiger partial charge in [0.2, 0.25) is 5.91 Å². The molecule has 0 unspecified atom stereocenters. The zero-order valence-corrected chi connectivity index (χ0v) is 10.5. The number of hydrogen-bond donors (Lipinski definition) is 2. The van der Waals surface area contributed by atoms with Crippen molar-refractivity contribution >= 4 is 11.6 Å².